The lowest BCUT2D eigenvalue weighted by Crippen LogP contribution is -2.15. The lowest BCUT2D eigenvalue weighted by atomic mass is 9.80. The molecule has 0 unspecified atom stereocenters. The van der Waals surface area contributed by atoms with Gasteiger partial charge in [0.1, 0.15) is 23.0 Å². The molecule has 0 saturated heterocycles. The highest BCUT2D eigenvalue weighted by Gasteiger charge is 2.26. The summed E-state index contributed by atoms with van der Waals surface area (Å²) in [7, 11) is 0. The summed E-state index contributed by atoms with van der Waals surface area (Å²) < 4.78 is 190. The highest BCUT2D eigenvalue weighted by atomic mass is 16.3. The number of hydrogen-bond acceptors (Lipinski definition) is 4. The monoisotopic (exact) mass is 614 g/mol. The van der Waals surface area contributed by atoms with Crippen LogP contribution in [-0.2, 0) is 41.9 Å². The van der Waals surface area contributed by atoms with Gasteiger partial charge in [-0.1, -0.05) is 116 Å². The van der Waals surface area contributed by atoms with Crippen molar-refractivity contribution in [2.45, 2.75) is 104 Å². The van der Waals surface area contributed by atoms with Gasteiger partial charge in [-0.2, -0.15) is 0 Å². The van der Waals surface area contributed by atoms with E-state index in [9.17, 15) is 25.9 Å². The van der Waals surface area contributed by atoms with Gasteiger partial charge in [-0.3, -0.25) is 0 Å². The molecule has 0 heterocycles. The van der Waals surface area contributed by atoms with E-state index in [0.717, 1.165) is 0 Å². The first-order valence-electron chi connectivity index (χ1n) is 24.9. The van der Waals surface area contributed by atoms with Gasteiger partial charge in [-0.05, 0) is 77.4 Å². The van der Waals surface area contributed by atoms with Crippen molar-refractivity contribution in [1.82, 2.24) is 0 Å². The van der Waals surface area contributed by atoms with E-state index in [1.807, 2.05) is 0 Å². The fraction of sp³-hybridized carbons (Fsp3) is 0.400. The first kappa shape index (κ1) is 14.0. The van der Waals surface area contributed by atoms with Gasteiger partial charge in [0.05, 0.1) is 5.48 Å². The van der Waals surface area contributed by atoms with Crippen LogP contribution in [0.2, 0.25) is 0 Å². The first-order valence-corrected chi connectivity index (χ1v) is 13.9. The highest BCUT2D eigenvalue weighted by molar-refractivity contribution is 5.58. The highest BCUT2D eigenvalue weighted by Crippen LogP contribution is 2.41. The Morgan fingerprint density at radius 3 is 1.18 bits per heavy atom. The van der Waals surface area contributed by atoms with Gasteiger partial charge in [0, 0.05) is 50.4 Å². The van der Waals surface area contributed by atoms with Crippen LogP contribution in [0.3, 0.4) is 0 Å². The third kappa shape index (κ3) is 6.18. The molecule has 44 heavy (non-hydrogen) atoms. The zero-order valence-corrected chi connectivity index (χ0v) is 24.5. The third-order valence-corrected chi connectivity index (χ3v) is 7.80. The van der Waals surface area contributed by atoms with Gasteiger partial charge < -0.3 is 20.4 Å². The normalized spacial score (nSPS) is 23.1. The zero-order valence-electron chi connectivity index (χ0n) is 46.5. The van der Waals surface area contributed by atoms with Gasteiger partial charge in [-0.25, -0.2) is 0 Å². The van der Waals surface area contributed by atoms with Gasteiger partial charge >= 0.3 is 0 Å². The van der Waals surface area contributed by atoms with Crippen molar-refractivity contribution in [1.29, 1.82) is 0 Å². The Morgan fingerprint density at radius 1 is 0.477 bits per heavy atom. The van der Waals surface area contributed by atoms with E-state index < -0.39 is 157 Å². The number of fused-ring (bicyclic) bond motifs is 8. The summed E-state index contributed by atoms with van der Waals surface area (Å²) in [5.74, 6) is -3.31. The molecule has 0 fully saturated rings. The molecule has 0 atom stereocenters. The van der Waals surface area contributed by atoms with Gasteiger partial charge in [0.2, 0.25) is 0 Å². The van der Waals surface area contributed by atoms with Gasteiger partial charge in [0.25, 0.3) is 0 Å². The molecule has 4 aromatic carbocycles. The maximum absolute atomic E-state index is 12.3. The number of hydrogen-bond donors (Lipinski definition) is 4. The molecule has 0 amide bonds. The summed E-state index contributed by atoms with van der Waals surface area (Å²) >= 11 is 0. The summed E-state index contributed by atoms with van der Waals surface area (Å²) in [5.41, 5.74) is -14.9. The summed E-state index contributed by atoms with van der Waals surface area (Å²) in [4.78, 5) is 0. The molecule has 1 aliphatic rings. The van der Waals surface area contributed by atoms with E-state index in [4.69, 9.17) is 24.7 Å². The van der Waals surface area contributed by atoms with Crippen molar-refractivity contribution in [3.8, 4) is 23.0 Å². The molecular weight excluding hydrogens is 544 g/mol. The molecule has 1 aliphatic carbocycles. The number of benzene rings is 4. The largest absolute Gasteiger partial charge is 0.507 e. The van der Waals surface area contributed by atoms with E-state index in [2.05, 4.69) is 0 Å². The minimum absolute atomic E-state index is 0.0993. The van der Waals surface area contributed by atoms with Crippen LogP contribution < -0.4 is 0 Å². The van der Waals surface area contributed by atoms with Crippen LogP contribution in [0.25, 0.3) is 0 Å². The van der Waals surface area contributed by atoms with Gasteiger partial charge in [-0.15, -0.1) is 0 Å². The van der Waals surface area contributed by atoms with Crippen LogP contribution in [0.15, 0.2) is 54.5 Å². The minimum Gasteiger partial charge on any atom is -0.507 e. The van der Waals surface area contributed by atoms with E-state index in [0.29, 0.717) is 5.56 Å². The molecule has 5 rings (SSSR count). The van der Waals surface area contributed by atoms with Crippen molar-refractivity contribution in [2.75, 3.05) is 0 Å². The van der Waals surface area contributed by atoms with E-state index >= 15 is 0 Å². The van der Waals surface area contributed by atoms with Crippen molar-refractivity contribution >= 4 is 0 Å². The Kier molecular flexibility index (Phi) is 3.48. The SMILES string of the molecule is [2H]c1c2c(O)c(c([2H])c1C(C([2H])([2H])[2H])(C([2H])([2H])[2H])C([2H])([2H])[2H])Cc1c([2H])c(C(C([2H])([2H])[2H])(C([2H])([2H])[2H])C([2H])([2H])[2H])c([2H])c(c1O)Cc1cc(C(C)(C)C)cc(c1O)Cc1cccc(c1O)C2. The molecule has 0 aromatic heterocycles. The molecule has 0 spiro atoms. The van der Waals surface area contributed by atoms with E-state index in [1.54, 1.807) is 26.8 Å². The molecule has 4 nitrogen and oxygen atoms in total. The van der Waals surface area contributed by atoms with Crippen LogP contribution in [0.4, 0.5) is 0 Å². The Bertz CT molecular complexity index is 2510. The second-order valence-corrected chi connectivity index (χ2v) is 12.4. The van der Waals surface area contributed by atoms with Crippen LogP contribution in [0.1, 0.15) is 153 Å². The third-order valence-electron chi connectivity index (χ3n) is 7.80. The maximum Gasteiger partial charge on any atom is 0.122 e. The first-order chi connectivity index (χ1) is 29.5. The standard InChI is InChI=1S/C40H48O4/c1-38(2,3)31-17-25-13-23-11-10-12-24(34(23)41)14-26-18-32(39(4,5)6)20-28(36(26)43)16-30-22-33(40(7,8)9)21-29(37(30)44)15-27(19-31)35(25)42/h10-12,17-22,41-44H,13-16H2,1-9H3/i1D3,2D3,3D3,7D3,8D3,9D3,17D,19D,21D,22D. The zero-order chi connectivity index (χ0) is 50.8. The Balaban J connectivity index is 2.18. The molecule has 4 heteroatoms. The Labute approximate surface area is 294 Å². The summed E-state index contributed by atoms with van der Waals surface area (Å²) in [6, 6.07) is 1.79. The molecule has 0 saturated carbocycles. The van der Waals surface area contributed by atoms with Gasteiger partial charge in [0.15, 0.2) is 0 Å². The van der Waals surface area contributed by atoms with Crippen LogP contribution in [0.5, 0.6) is 23.0 Å². The van der Waals surface area contributed by atoms with Crippen molar-refractivity contribution in [3.05, 3.63) is 116 Å². The Morgan fingerprint density at radius 2 is 0.795 bits per heavy atom. The number of phenols is 4. The molecule has 4 aromatic rings. The van der Waals surface area contributed by atoms with Crippen molar-refractivity contribution < 1.29 is 50.6 Å². The maximum atomic E-state index is 12.3. The number of rotatable bonds is 0. The van der Waals surface area contributed by atoms with Crippen molar-refractivity contribution in [3.63, 3.8) is 0 Å². The minimum atomic E-state index is -4.11. The average Bonchev–Trinajstić information content (AvgIpc) is 3.10. The second kappa shape index (κ2) is 10.9. The average molecular weight is 615 g/mol. The number of para-hydroxylation sites is 1. The lowest BCUT2D eigenvalue weighted by molar-refractivity contribution is 0.449. The quantitative estimate of drug-likeness (QED) is 0.140. The summed E-state index contributed by atoms with van der Waals surface area (Å²) in [5, 5.41) is 48.1. The molecule has 0 aliphatic heterocycles. The topological polar surface area (TPSA) is 80.9 Å². The smallest absolute Gasteiger partial charge is 0.122 e. The van der Waals surface area contributed by atoms with Crippen LogP contribution in [0, 0.1) is 0 Å². The van der Waals surface area contributed by atoms with E-state index in [-0.39, 0.29) is 28.7 Å². The number of aromatic hydroxyl groups is 4. The lowest BCUT2D eigenvalue weighted by Gasteiger charge is -2.26. The van der Waals surface area contributed by atoms with Crippen LogP contribution >= 0.6 is 0 Å². The molecule has 0 radical (unpaired) electrons. The van der Waals surface area contributed by atoms with Crippen molar-refractivity contribution in [2.24, 2.45) is 0 Å². The fourth-order valence-electron chi connectivity index (χ4n) is 5.31. The fourth-order valence-corrected chi connectivity index (χ4v) is 5.31. The predicted molar refractivity (Wildman–Crippen MR) is 180 cm³/mol. The number of phenolic OH excluding ortho intramolecular Hbond substituents is 4. The van der Waals surface area contributed by atoms with E-state index in [1.165, 1.54) is 24.3 Å². The molecule has 232 valence electrons. The summed E-state index contributed by atoms with van der Waals surface area (Å²) in [6.07, 6.45) is -3.27. The Hall–Kier alpha value is -3.92. The summed E-state index contributed by atoms with van der Waals surface area (Å²) in [6.45, 7) is -19.2. The molecule has 4 N–H and O–H groups in total. The second-order valence-electron chi connectivity index (χ2n) is 12.4. The predicted octanol–water partition coefficient (Wildman–Crippen LogP) is 9.08. The molecular formula is C40H48O4. The van der Waals surface area contributed by atoms with Crippen LogP contribution in [-0.4, -0.2) is 20.4 Å². The molecule has 8 bridgehead atoms.